The third-order valence-electron chi connectivity index (χ3n) is 4.49. The molecule has 3 atom stereocenters. The fourth-order valence-electron chi connectivity index (χ4n) is 2.88. The van der Waals surface area contributed by atoms with Crippen molar-refractivity contribution in [3.8, 4) is 0 Å². The second-order valence-electron chi connectivity index (χ2n) is 6.45. The van der Waals surface area contributed by atoms with Gasteiger partial charge in [-0.3, -0.25) is 0 Å². The zero-order chi connectivity index (χ0) is 20.7. The maximum atomic E-state index is 10.3. The first-order chi connectivity index (χ1) is 13.5. The Labute approximate surface area is 177 Å². The molecule has 0 amide bonds. The van der Waals surface area contributed by atoms with Gasteiger partial charge >= 0.3 is 164 Å². The van der Waals surface area contributed by atoms with E-state index >= 15 is 0 Å². The van der Waals surface area contributed by atoms with Crippen molar-refractivity contribution in [1.29, 1.82) is 0 Å². The number of nitrogens with zero attached hydrogens (tertiary/aromatic N) is 4. The van der Waals surface area contributed by atoms with Gasteiger partial charge in [-0.05, 0) is 0 Å². The van der Waals surface area contributed by atoms with E-state index in [2.05, 4.69) is 46.1 Å². The monoisotopic (exact) mass is 497 g/mol. The van der Waals surface area contributed by atoms with Crippen LogP contribution in [0, 0.1) is 10.6 Å². The quantitative estimate of drug-likeness (QED) is 0.279. The minimum atomic E-state index is -0.863. The molecule has 154 valence electrons. The van der Waals surface area contributed by atoms with Gasteiger partial charge in [0.15, 0.2) is 0 Å². The summed E-state index contributed by atoms with van der Waals surface area (Å²) in [5, 5.41) is 20.3. The number of alkyl halides is 1. The van der Waals surface area contributed by atoms with E-state index in [4.69, 9.17) is 0 Å². The Morgan fingerprint density at radius 3 is 2.57 bits per heavy atom. The summed E-state index contributed by atoms with van der Waals surface area (Å²) in [7, 11) is 0. The van der Waals surface area contributed by atoms with Gasteiger partial charge < -0.3 is 0 Å². The summed E-state index contributed by atoms with van der Waals surface area (Å²) >= 11 is -0.344. The Morgan fingerprint density at radius 1 is 1.14 bits per heavy atom. The number of aromatic nitrogens is 4. The van der Waals surface area contributed by atoms with Gasteiger partial charge in [0.2, 0.25) is 0 Å². The van der Waals surface area contributed by atoms with Crippen molar-refractivity contribution < 1.29 is 31.4 Å². The van der Waals surface area contributed by atoms with Crippen LogP contribution in [0.4, 0.5) is 0 Å². The Balaban J connectivity index is 0.00000136. The number of benzene rings is 1. The van der Waals surface area contributed by atoms with Crippen LogP contribution in [0.2, 0.25) is 0 Å². The number of halogens is 1. The van der Waals surface area contributed by atoms with Gasteiger partial charge in [-0.1, -0.05) is 13.8 Å². The Hall–Kier alpha value is -1.58. The molecule has 3 rings (SSSR count). The van der Waals surface area contributed by atoms with Gasteiger partial charge in [-0.15, -0.1) is 0 Å². The van der Waals surface area contributed by atoms with Gasteiger partial charge in [0, 0.05) is 0 Å². The number of fused-ring (bicyclic) bond motifs is 1. The Bertz CT molecular complexity index is 884. The zero-order valence-corrected chi connectivity index (χ0v) is 19.3. The van der Waals surface area contributed by atoms with Gasteiger partial charge in [0.25, 0.3) is 0 Å². The van der Waals surface area contributed by atoms with Crippen molar-refractivity contribution in [2.24, 2.45) is 0 Å². The van der Waals surface area contributed by atoms with Crippen LogP contribution < -0.4 is 21.2 Å². The molecule has 3 unspecified atom stereocenters. The Kier molecular flexibility index (Phi) is 8.78. The maximum absolute atomic E-state index is 10.3. The molecule has 2 heterocycles. The van der Waals surface area contributed by atoms with E-state index in [1.165, 1.54) is 11.1 Å². The van der Waals surface area contributed by atoms with Crippen molar-refractivity contribution in [1.82, 2.24) is 19.5 Å². The third kappa shape index (κ3) is 5.27. The number of aliphatic hydroxyl groups is 2. The summed E-state index contributed by atoms with van der Waals surface area (Å²) in [6.07, 6.45) is 2.13. The molecule has 1 aromatic carbocycles. The molecule has 0 aliphatic rings. The van der Waals surface area contributed by atoms with Crippen molar-refractivity contribution in [3.63, 3.8) is 0 Å². The molecular weight excluding hydrogens is 467 g/mol. The van der Waals surface area contributed by atoms with Crippen LogP contribution in [-0.4, -0.2) is 41.9 Å². The van der Waals surface area contributed by atoms with Crippen LogP contribution in [0.5, 0.6) is 0 Å². The zero-order valence-electron chi connectivity index (χ0n) is 17.2. The fraction of sp³-hybridized carbons (Fsp3) is 0.476. The third-order valence-corrected chi connectivity index (χ3v) is 7.26. The molecule has 3 aromatic rings. The SMILES string of the molecule is CC.CCC(O)C(O)C(C)n1cnc2c([I-]Cc3cccc(C)c3)ncnc21. The summed E-state index contributed by atoms with van der Waals surface area (Å²) < 4.78 is 3.83. The number of rotatable bonds is 7. The molecule has 0 radical (unpaired) electrons. The average molecular weight is 497 g/mol. The van der Waals surface area contributed by atoms with Crippen molar-refractivity contribution in [2.75, 3.05) is 0 Å². The fourth-order valence-corrected chi connectivity index (χ4v) is 5.22. The first kappa shape index (κ1) is 22.7. The van der Waals surface area contributed by atoms with Crippen LogP contribution in [0.25, 0.3) is 11.2 Å². The van der Waals surface area contributed by atoms with Crippen LogP contribution in [0.3, 0.4) is 0 Å². The molecule has 0 saturated heterocycles. The normalized spacial score (nSPS) is 14.4. The molecule has 0 aliphatic carbocycles. The first-order valence-corrected chi connectivity index (χ1v) is 12.3. The average Bonchev–Trinajstić information content (AvgIpc) is 3.16. The number of imidazole rings is 1. The molecule has 28 heavy (non-hydrogen) atoms. The second-order valence-corrected chi connectivity index (χ2v) is 9.00. The summed E-state index contributed by atoms with van der Waals surface area (Å²) in [5.41, 5.74) is 4.10. The van der Waals surface area contributed by atoms with E-state index in [0.29, 0.717) is 12.1 Å². The van der Waals surface area contributed by atoms with Gasteiger partial charge in [-0.25, -0.2) is 0 Å². The van der Waals surface area contributed by atoms with Crippen molar-refractivity contribution in [3.05, 3.63) is 51.7 Å². The number of hydrogen-bond donors (Lipinski definition) is 2. The molecule has 0 saturated carbocycles. The van der Waals surface area contributed by atoms with E-state index in [1.807, 2.05) is 32.3 Å². The number of aryl methyl sites for hydroxylation is 1. The first-order valence-electron chi connectivity index (χ1n) is 9.69. The van der Waals surface area contributed by atoms with E-state index in [9.17, 15) is 10.2 Å². The van der Waals surface area contributed by atoms with E-state index in [1.54, 1.807) is 12.7 Å². The van der Waals surface area contributed by atoms with E-state index < -0.39 is 12.2 Å². The van der Waals surface area contributed by atoms with E-state index in [0.717, 1.165) is 13.6 Å². The molecule has 2 N–H and O–H groups in total. The van der Waals surface area contributed by atoms with Gasteiger partial charge in [-0.2, -0.15) is 0 Å². The molecule has 7 heteroatoms. The minimum absolute atomic E-state index is 0.312. The van der Waals surface area contributed by atoms with Crippen LogP contribution in [0.1, 0.15) is 51.3 Å². The molecular formula is C21H30IN4O2-. The summed E-state index contributed by atoms with van der Waals surface area (Å²) in [6.45, 7) is 9.82. The van der Waals surface area contributed by atoms with Gasteiger partial charge in [0.1, 0.15) is 0 Å². The number of hydrogen-bond acceptors (Lipinski definition) is 5. The van der Waals surface area contributed by atoms with Gasteiger partial charge in [0.05, 0.1) is 0 Å². The topological polar surface area (TPSA) is 84.1 Å². The molecule has 0 fully saturated rings. The second kappa shape index (κ2) is 10.8. The van der Waals surface area contributed by atoms with Crippen molar-refractivity contribution >= 4 is 11.2 Å². The molecule has 0 spiro atoms. The van der Waals surface area contributed by atoms with Crippen LogP contribution in [-0.2, 0) is 4.43 Å². The summed E-state index contributed by atoms with van der Waals surface area (Å²) in [5.74, 6) is 0. The predicted molar refractivity (Wildman–Crippen MR) is 107 cm³/mol. The molecule has 0 aliphatic heterocycles. The molecule has 0 bridgehead atoms. The summed E-state index contributed by atoms with van der Waals surface area (Å²) in [4.78, 5) is 13.3. The van der Waals surface area contributed by atoms with Crippen LogP contribution in [0.15, 0.2) is 36.9 Å². The van der Waals surface area contributed by atoms with E-state index in [-0.39, 0.29) is 27.2 Å². The van der Waals surface area contributed by atoms with Crippen LogP contribution >= 0.6 is 0 Å². The molecule has 6 nitrogen and oxygen atoms in total. The number of aliphatic hydroxyl groups excluding tert-OH is 2. The summed E-state index contributed by atoms with van der Waals surface area (Å²) in [6, 6.07) is 8.23. The Morgan fingerprint density at radius 2 is 1.89 bits per heavy atom. The standard InChI is InChI=1S/C19H24IN4O2.C2H6/c1-4-15(25)17(26)13(3)24-11-23-16-18(21-10-22-19(16)24)20-9-14-7-5-6-12(2)8-14;1-2/h5-8,10-11,13,15,17,25-26H,4,9H2,1-3H3;1-2H3/q-1;. The van der Waals surface area contributed by atoms with Crippen molar-refractivity contribution in [2.45, 2.75) is 63.7 Å². The predicted octanol–water partition coefficient (Wildman–Crippen LogP) is 0.313. The molecule has 2 aromatic heterocycles.